The highest BCUT2D eigenvalue weighted by Crippen LogP contribution is 2.24. The van der Waals surface area contributed by atoms with Gasteiger partial charge in [0, 0.05) is 38.8 Å². The lowest BCUT2D eigenvalue weighted by molar-refractivity contribution is -0.126. The number of carbonyl (C=O) groups excluding carboxylic acids is 1. The molecule has 132 valence electrons. The molecule has 1 heterocycles. The molecule has 1 aliphatic heterocycles. The summed E-state index contributed by atoms with van der Waals surface area (Å²) in [7, 11) is 0. The van der Waals surface area contributed by atoms with E-state index in [4.69, 9.17) is 0 Å². The predicted octanol–water partition coefficient (Wildman–Crippen LogP) is 2.39. The Labute approximate surface area is 144 Å². The Morgan fingerprint density at radius 3 is 2.42 bits per heavy atom. The lowest BCUT2D eigenvalue weighted by atomic mass is 10.1. The first-order chi connectivity index (χ1) is 11.6. The zero-order chi connectivity index (χ0) is 16.9. The molecule has 2 fully saturated rings. The van der Waals surface area contributed by atoms with Gasteiger partial charge in [-0.2, -0.15) is 0 Å². The molecule has 5 heteroatoms. The highest BCUT2D eigenvalue weighted by atomic mass is 19.1. The van der Waals surface area contributed by atoms with Crippen LogP contribution in [0.1, 0.15) is 38.2 Å². The summed E-state index contributed by atoms with van der Waals surface area (Å²) in [6.45, 7) is 6.49. The van der Waals surface area contributed by atoms with Crippen molar-refractivity contribution in [1.82, 2.24) is 15.1 Å². The van der Waals surface area contributed by atoms with E-state index in [9.17, 15) is 9.18 Å². The highest BCUT2D eigenvalue weighted by Gasteiger charge is 2.29. The average Bonchev–Trinajstić information content (AvgIpc) is 3.15. The van der Waals surface area contributed by atoms with E-state index in [0.717, 1.165) is 37.8 Å². The number of nitrogens with zero attached hydrogens (tertiary/aromatic N) is 2. The summed E-state index contributed by atoms with van der Waals surface area (Å²) in [5, 5.41) is 2.97. The van der Waals surface area contributed by atoms with Crippen molar-refractivity contribution in [2.24, 2.45) is 0 Å². The predicted molar refractivity (Wildman–Crippen MR) is 93.1 cm³/mol. The van der Waals surface area contributed by atoms with Gasteiger partial charge in [-0.15, -0.1) is 0 Å². The van der Waals surface area contributed by atoms with Crippen molar-refractivity contribution < 1.29 is 9.18 Å². The molecule has 24 heavy (non-hydrogen) atoms. The van der Waals surface area contributed by atoms with E-state index in [1.54, 1.807) is 12.1 Å². The van der Waals surface area contributed by atoms with Gasteiger partial charge in [-0.05, 0) is 37.5 Å². The second-order valence-corrected chi connectivity index (χ2v) is 7.03. The van der Waals surface area contributed by atoms with E-state index in [0.29, 0.717) is 6.54 Å². The standard InChI is InChI=1S/C19H28FN3O/c1-15(19(24)21-14-16-6-8-17(20)9-7-16)22-10-12-23(13-11-22)18-4-2-3-5-18/h6-9,15,18H,2-5,10-14H2,1H3,(H,21,24). The van der Waals surface area contributed by atoms with Crippen LogP contribution in [0.3, 0.4) is 0 Å². The maximum absolute atomic E-state index is 12.9. The molecule has 3 rings (SSSR count). The van der Waals surface area contributed by atoms with Gasteiger partial charge in [-0.3, -0.25) is 14.6 Å². The Morgan fingerprint density at radius 2 is 1.79 bits per heavy atom. The lowest BCUT2D eigenvalue weighted by Crippen LogP contribution is -2.55. The summed E-state index contributed by atoms with van der Waals surface area (Å²) in [5.41, 5.74) is 0.919. The van der Waals surface area contributed by atoms with Crippen LogP contribution in [0, 0.1) is 5.82 Å². The molecule has 1 atom stereocenters. The summed E-state index contributed by atoms with van der Waals surface area (Å²) < 4.78 is 12.9. The first kappa shape index (κ1) is 17.4. The van der Waals surface area contributed by atoms with Gasteiger partial charge in [-0.1, -0.05) is 25.0 Å². The molecule has 4 nitrogen and oxygen atoms in total. The number of carbonyl (C=O) groups is 1. The summed E-state index contributed by atoms with van der Waals surface area (Å²) in [5.74, 6) is -0.202. The van der Waals surface area contributed by atoms with Crippen LogP contribution in [-0.4, -0.2) is 54.0 Å². The third kappa shape index (κ3) is 4.33. The quantitative estimate of drug-likeness (QED) is 0.899. The van der Waals surface area contributed by atoms with Crippen molar-refractivity contribution in [3.8, 4) is 0 Å². The summed E-state index contributed by atoms with van der Waals surface area (Å²) in [4.78, 5) is 17.3. The van der Waals surface area contributed by atoms with Crippen LogP contribution in [-0.2, 0) is 11.3 Å². The van der Waals surface area contributed by atoms with Crippen molar-refractivity contribution in [2.45, 2.75) is 51.2 Å². The minimum absolute atomic E-state index is 0.0497. The van der Waals surface area contributed by atoms with Gasteiger partial charge >= 0.3 is 0 Å². The van der Waals surface area contributed by atoms with Crippen LogP contribution in [0.15, 0.2) is 24.3 Å². The van der Waals surface area contributed by atoms with Gasteiger partial charge in [0.15, 0.2) is 0 Å². The molecule has 1 aromatic carbocycles. The number of hydrogen-bond acceptors (Lipinski definition) is 3. The van der Waals surface area contributed by atoms with Crippen molar-refractivity contribution in [3.05, 3.63) is 35.6 Å². The molecule has 1 N–H and O–H groups in total. The SMILES string of the molecule is CC(C(=O)NCc1ccc(F)cc1)N1CCN(C2CCCC2)CC1. The fraction of sp³-hybridized carbons (Fsp3) is 0.632. The molecule has 1 amide bonds. The molecular formula is C19H28FN3O. The van der Waals surface area contributed by atoms with Crippen molar-refractivity contribution in [2.75, 3.05) is 26.2 Å². The molecule has 0 radical (unpaired) electrons. The van der Waals surface area contributed by atoms with Crippen LogP contribution in [0.4, 0.5) is 4.39 Å². The van der Waals surface area contributed by atoms with E-state index in [1.165, 1.54) is 37.8 Å². The smallest absolute Gasteiger partial charge is 0.237 e. The number of nitrogens with one attached hydrogen (secondary N) is 1. The lowest BCUT2D eigenvalue weighted by Gasteiger charge is -2.40. The Kier molecular flexibility index (Phi) is 5.85. The van der Waals surface area contributed by atoms with Gasteiger partial charge in [0.25, 0.3) is 0 Å². The van der Waals surface area contributed by atoms with E-state index >= 15 is 0 Å². The minimum atomic E-state index is -0.251. The molecule has 1 unspecified atom stereocenters. The van der Waals surface area contributed by atoms with Gasteiger partial charge in [0.05, 0.1) is 6.04 Å². The number of amides is 1. The number of hydrogen-bond donors (Lipinski definition) is 1. The summed E-state index contributed by atoms with van der Waals surface area (Å²) >= 11 is 0. The molecule has 0 bridgehead atoms. The molecule has 1 saturated carbocycles. The number of benzene rings is 1. The number of piperazine rings is 1. The zero-order valence-corrected chi connectivity index (χ0v) is 14.5. The van der Waals surface area contributed by atoms with Gasteiger partial charge in [0.2, 0.25) is 5.91 Å². The monoisotopic (exact) mass is 333 g/mol. The molecule has 1 saturated heterocycles. The van der Waals surface area contributed by atoms with Crippen molar-refractivity contribution in [1.29, 1.82) is 0 Å². The van der Waals surface area contributed by atoms with E-state index in [2.05, 4.69) is 15.1 Å². The molecule has 1 aromatic rings. The second-order valence-electron chi connectivity index (χ2n) is 7.03. The number of rotatable bonds is 5. The van der Waals surface area contributed by atoms with Crippen LogP contribution in [0.2, 0.25) is 0 Å². The Hall–Kier alpha value is -1.46. The summed E-state index contributed by atoms with van der Waals surface area (Å²) in [6.07, 6.45) is 5.42. The maximum atomic E-state index is 12.9. The largest absolute Gasteiger partial charge is 0.351 e. The fourth-order valence-corrected chi connectivity index (χ4v) is 3.86. The topological polar surface area (TPSA) is 35.6 Å². The molecule has 0 aromatic heterocycles. The normalized spacial score (nSPS) is 21.8. The Balaban J connectivity index is 1.43. The van der Waals surface area contributed by atoms with Crippen LogP contribution < -0.4 is 5.32 Å². The van der Waals surface area contributed by atoms with E-state index in [1.807, 2.05) is 6.92 Å². The Morgan fingerprint density at radius 1 is 1.17 bits per heavy atom. The van der Waals surface area contributed by atoms with Crippen LogP contribution in [0.25, 0.3) is 0 Å². The third-order valence-corrected chi connectivity index (χ3v) is 5.50. The summed E-state index contributed by atoms with van der Waals surface area (Å²) in [6, 6.07) is 6.92. The highest BCUT2D eigenvalue weighted by molar-refractivity contribution is 5.81. The zero-order valence-electron chi connectivity index (χ0n) is 14.5. The average molecular weight is 333 g/mol. The number of halogens is 1. The first-order valence-corrected chi connectivity index (χ1v) is 9.14. The first-order valence-electron chi connectivity index (χ1n) is 9.14. The van der Waals surface area contributed by atoms with Gasteiger partial charge < -0.3 is 5.32 Å². The minimum Gasteiger partial charge on any atom is -0.351 e. The maximum Gasteiger partial charge on any atom is 0.237 e. The molecule has 1 aliphatic carbocycles. The fourth-order valence-electron chi connectivity index (χ4n) is 3.86. The molecular weight excluding hydrogens is 305 g/mol. The van der Waals surface area contributed by atoms with E-state index in [-0.39, 0.29) is 17.8 Å². The van der Waals surface area contributed by atoms with Gasteiger partial charge in [-0.25, -0.2) is 4.39 Å². The van der Waals surface area contributed by atoms with Crippen molar-refractivity contribution in [3.63, 3.8) is 0 Å². The van der Waals surface area contributed by atoms with Crippen molar-refractivity contribution >= 4 is 5.91 Å². The van der Waals surface area contributed by atoms with Gasteiger partial charge in [0.1, 0.15) is 5.82 Å². The second kappa shape index (κ2) is 8.08. The molecule has 2 aliphatic rings. The third-order valence-electron chi connectivity index (χ3n) is 5.50. The Bertz CT molecular complexity index is 534. The van der Waals surface area contributed by atoms with Crippen LogP contribution >= 0.6 is 0 Å². The molecule has 0 spiro atoms. The van der Waals surface area contributed by atoms with E-state index < -0.39 is 0 Å². The van der Waals surface area contributed by atoms with Crippen LogP contribution in [0.5, 0.6) is 0 Å².